The van der Waals surface area contributed by atoms with Gasteiger partial charge in [0.2, 0.25) is 5.91 Å². The average Bonchev–Trinajstić information content (AvgIpc) is 1.94. The Morgan fingerprint density at radius 2 is 2.09 bits per heavy atom. The van der Waals surface area contributed by atoms with Crippen LogP contribution in [-0.2, 0) is 4.79 Å². The van der Waals surface area contributed by atoms with Crippen LogP contribution in [0.5, 0.6) is 0 Å². The number of hydrogen-bond donors (Lipinski definition) is 2. The molecule has 1 amide bonds. The van der Waals surface area contributed by atoms with Gasteiger partial charge in [0.25, 0.3) is 0 Å². The van der Waals surface area contributed by atoms with Crippen LogP contribution in [0.2, 0.25) is 0 Å². The van der Waals surface area contributed by atoms with E-state index < -0.39 is 0 Å². The Labute approximate surface area is 67.1 Å². The van der Waals surface area contributed by atoms with Crippen LogP contribution in [0.4, 0.5) is 0 Å². The summed E-state index contributed by atoms with van der Waals surface area (Å²) in [5, 5.41) is 0. The first-order chi connectivity index (χ1) is 5.11. The molecule has 0 radical (unpaired) electrons. The molecule has 1 aliphatic carbocycles. The zero-order chi connectivity index (χ0) is 8.43. The van der Waals surface area contributed by atoms with Gasteiger partial charge >= 0.3 is 0 Å². The smallest absolute Gasteiger partial charge is 0.220 e. The van der Waals surface area contributed by atoms with Crippen LogP contribution in [0.3, 0.4) is 0 Å². The molecule has 0 aromatic rings. The molecule has 3 nitrogen and oxygen atoms in total. The molecule has 3 unspecified atom stereocenters. The molecule has 3 heteroatoms. The molecule has 0 aromatic heterocycles. The maximum atomic E-state index is 10.8. The van der Waals surface area contributed by atoms with Crippen LogP contribution >= 0.6 is 0 Å². The normalized spacial score (nSPS) is 38.5. The van der Waals surface area contributed by atoms with Gasteiger partial charge in [0.15, 0.2) is 0 Å². The van der Waals surface area contributed by atoms with Crippen molar-refractivity contribution in [2.24, 2.45) is 23.3 Å². The van der Waals surface area contributed by atoms with Gasteiger partial charge in [-0.3, -0.25) is 4.79 Å². The summed E-state index contributed by atoms with van der Waals surface area (Å²) in [4.78, 5) is 10.8. The van der Waals surface area contributed by atoms with Gasteiger partial charge in [-0.1, -0.05) is 6.92 Å². The maximum absolute atomic E-state index is 10.8. The number of carbonyl (C=O) groups is 1. The number of primary amides is 1. The van der Waals surface area contributed by atoms with E-state index in [2.05, 4.69) is 6.92 Å². The van der Waals surface area contributed by atoms with E-state index >= 15 is 0 Å². The molecule has 1 rings (SSSR count). The average molecular weight is 156 g/mol. The second-order valence-corrected chi connectivity index (χ2v) is 3.55. The van der Waals surface area contributed by atoms with Crippen LogP contribution in [-0.4, -0.2) is 11.9 Å². The second-order valence-electron chi connectivity index (χ2n) is 3.55. The van der Waals surface area contributed by atoms with Gasteiger partial charge in [0, 0.05) is 12.0 Å². The molecule has 0 spiro atoms. The Bertz CT molecular complexity index is 158. The van der Waals surface area contributed by atoms with E-state index in [1.54, 1.807) is 0 Å². The SMILES string of the molecule is CC1CC(C(N)=O)CCC1N. The van der Waals surface area contributed by atoms with Crippen molar-refractivity contribution in [2.75, 3.05) is 0 Å². The Kier molecular flexibility index (Phi) is 2.49. The summed E-state index contributed by atoms with van der Waals surface area (Å²) < 4.78 is 0. The third-order valence-corrected chi connectivity index (χ3v) is 2.64. The van der Waals surface area contributed by atoms with E-state index in [4.69, 9.17) is 11.5 Å². The molecule has 0 aliphatic heterocycles. The largest absolute Gasteiger partial charge is 0.369 e. The molecular formula is C8H16N2O. The molecule has 1 saturated carbocycles. The maximum Gasteiger partial charge on any atom is 0.220 e. The van der Waals surface area contributed by atoms with Crippen molar-refractivity contribution in [1.29, 1.82) is 0 Å². The molecule has 0 bridgehead atoms. The van der Waals surface area contributed by atoms with Crippen molar-refractivity contribution in [1.82, 2.24) is 0 Å². The van der Waals surface area contributed by atoms with Crippen LogP contribution in [0.1, 0.15) is 26.2 Å². The molecule has 1 aliphatic rings. The lowest BCUT2D eigenvalue weighted by Crippen LogP contribution is -2.38. The summed E-state index contributed by atoms with van der Waals surface area (Å²) in [6, 6.07) is 0.269. The van der Waals surface area contributed by atoms with Gasteiger partial charge in [-0.2, -0.15) is 0 Å². The molecule has 1 fully saturated rings. The van der Waals surface area contributed by atoms with Gasteiger partial charge in [-0.15, -0.1) is 0 Å². The number of hydrogen-bond acceptors (Lipinski definition) is 2. The number of nitrogens with two attached hydrogens (primary N) is 2. The van der Waals surface area contributed by atoms with Crippen LogP contribution in [0.15, 0.2) is 0 Å². The highest BCUT2D eigenvalue weighted by molar-refractivity contribution is 5.76. The van der Waals surface area contributed by atoms with Crippen LogP contribution in [0.25, 0.3) is 0 Å². The lowest BCUT2D eigenvalue weighted by atomic mass is 9.79. The molecular weight excluding hydrogens is 140 g/mol. The Morgan fingerprint density at radius 1 is 1.45 bits per heavy atom. The topological polar surface area (TPSA) is 69.1 Å². The fourth-order valence-corrected chi connectivity index (χ4v) is 1.68. The van der Waals surface area contributed by atoms with Crippen molar-refractivity contribution in [2.45, 2.75) is 32.2 Å². The summed E-state index contributed by atoms with van der Waals surface area (Å²) in [7, 11) is 0. The molecule has 3 atom stereocenters. The third kappa shape index (κ3) is 1.93. The van der Waals surface area contributed by atoms with Crippen LogP contribution in [0, 0.1) is 11.8 Å². The molecule has 0 saturated heterocycles. The van der Waals surface area contributed by atoms with E-state index in [1.807, 2.05) is 0 Å². The van der Waals surface area contributed by atoms with Gasteiger partial charge in [-0.25, -0.2) is 0 Å². The standard InChI is InChI=1S/C8H16N2O/c1-5-4-6(8(10)11)2-3-7(5)9/h5-7H,2-4,9H2,1H3,(H2,10,11). The van der Waals surface area contributed by atoms with Gasteiger partial charge in [0.05, 0.1) is 0 Å². The monoisotopic (exact) mass is 156 g/mol. The summed E-state index contributed by atoms with van der Waals surface area (Å²) in [6.07, 6.45) is 2.69. The Hall–Kier alpha value is -0.570. The first kappa shape index (κ1) is 8.53. The summed E-state index contributed by atoms with van der Waals surface area (Å²) >= 11 is 0. The molecule has 0 heterocycles. The molecule has 0 aromatic carbocycles. The summed E-state index contributed by atoms with van der Waals surface area (Å²) in [5.74, 6) is 0.356. The predicted molar refractivity (Wildman–Crippen MR) is 43.7 cm³/mol. The lowest BCUT2D eigenvalue weighted by Gasteiger charge is -2.29. The quantitative estimate of drug-likeness (QED) is 0.570. The first-order valence-corrected chi connectivity index (χ1v) is 4.16. The fourth-order valence-electron chi connectivity index (χ4n) is 1.68. The van der Waals surface area contributed by atoms with Crippen molar-refractivity contribution in [3.05, 3.63) is 0 Å². The van der Waals surface area contributed by atoms with E-state index in [1.165, 1.54) is 0 Å². The third-order valence-electron chi connectivity index (χ3n) is 2.64. The van der Waals surface area contributed by atoms with Crippen molar-refractivity contribution >= 4 is 5.91 Å². The van der Waals surface area contributed by atoms with Crippen LogP contribution < -0.4 is 11.5 Å². The highest BCUT2D eigenvalue weighted by atomic mass is 16.1. The highest BCUT2D eigenvalue weighted by Crippen LogP contribution is 2.27. The molecule has 11 heavy (non-hydrogen) atoms. The summed E-state index contributed by atoms with van der Waals surface area (Å²) in [6.45, 7) is 2.08. The van der Waals surface area contributed by atoms with Gasteiger partial charge in [0.1, 0.15) is 0 Å². The highest BCUT2D eigenvalue weighted by Gasteiger charge is 2.27. The fraction of sp³-hybridized carbons (Fsp3) is 0.875. The van der Waals surface area contributed by atoms with E-state index in [-0.39, 0.29) is 17.9 Å². The first-order valence-electron chi connectivity index (χ1n) is 4.16. The van der Waals surface area contributed by atoms with Gasteiger partial charge < -0.3 is 11.5 Å². The number of carbonyl (C=O) groups excluding carboxylic acids is 1. The Balaban J connectivity index is 2.46. The zero-order valence-electron chi connectivity index (χ0n) is 6.92. The molecule has 64 valence electrons. The number of rotatable bonds is 1. The van der Waals surface area contributed by atoms with Crippen molar-refractivity contribution in [3.63, 3.8) is 0 Å². The second kappa shape index (κ2) is 3.22. The van der Waals surface area contributed by atoms with E-state index in [0.29, 0.717) is 5.92 Å². The lowest BCUT2D eigenvalue weighted by molar-refractivity contribution is -0.123. The van der Waals surface area contributed by atoms with Crippen molar-refractivity contribution in [3.8, 4) is 0 Å². The predicted octanol–water partition coefficient (Wildman–Crippen LogP) is 0.235. The minimum Gasteiger partial charge on any atom is -0.369 e. The van der Waals surface area contributed by atoms with Crippen molar-refractivity contribution < 1.29 is 4.79 Å². The van der Waals surface area contributed by atoms with Gasteiger partial charge in [-0.05, 0) is 25.2 Å². The summed E-state index contributed by atoms with van der Waals surface area (Å²) in [5.41, 5.74) is 11.0. The molecule has 4 N–H and O–H groups in total. The minimum absolute atomic E-state index is 0.0739. The van der Waals surface area contributed by atoms with E-state index in [0.717, 1.165) is 19.3 Å². The Morgan fingerprint density at radius 3 is 2.55 bits per heavy atom. The van der Waals surface area contributed by atoms with E-state index in [9.17, 15) is 4.79 Å². The number of amides is 1. The minimum atomic E-state index is -0.163. The zero-order valence-corrected chi connectivity index (χ0v) is 6.92.